The highest BCUT2D eigenvalue weighted by Gasteiger charge is 2.33. The molecule has 0 aliphatic heterocycles. The van der Waals surface area contributed by atoms with E-state index in [1.165, 1.54) is 17.0 Å². The summed E-state index contributed by atoms with van der Waals surface area (Å²) in [5, 5.41) is 2.95. The van der Waals surface area contributed by atoms with E-state index >= 15 is 0 Å². The Morgan fingerprint density at radius 3 is 2.05 bits per heavy atom. The molecular weight excluding hydrogens is 538 g/mol. The van der Waals surface area contributed by atoms with Gasteiger partial charge in [-0.25, -0.2) is 8.42 Å². The number of nitrogens with one attached hydrogen (secondary N) is 1. The molecule has 0 heterocycles. The maximum absolute atomic E-state index is 14.0. The minimum Gasteiger partial charge on any atom is -0.494 e. The van der Waals surface area contributed by atoms with Crippen molar-refractivity contribution in [3.63, 3.8) is 0 Å². The molecule has 1 atom stereocenters. The number of carbonyl (C=O) groups excluding carboxylic acids is 2. The maximum Gasteiger partial charge on any atom is 0.264 e. The van der Waals surface area contributed by atoms with Gasteiger partial charge in [-0.2, -0.15) is 0 Å². The van der Waals surface area contributed by atoms with Crippen molar-refractivity contribution in [2.24, 2.45) is 5.92 Å². The van der Waals surface area contributed by atoms with Gasteiger partial charge >= 0.3 is 0 Å². The van der Waals surface area contributed by atoms with E-state index in [1.54, 1.807) is 42.5 Å². The number of para-hydroxylation sites is 1. The molecule has 9 heteroatoms. The Bertz CT molecular complexity index is 1350. The lowest BCUT2D eigenvalue weighted by molar-refractivity contribution is -0.139. The number of hydrogen-bond acceptors (Lipinski definition) is 5. The zero-order chi connectivity index (χ0) is 29.8. The number of amides is 2. The summed E-state index contributed by atoms with van der Waals surface area (Å²) in [5.74, 6) is 0.103. The van der Waals surface area contributed by atoms with Crippen LogP contribution in [0.5, 0.6) is 5.75 Å². The Morgan fingerprint density at radius 1 is 0.878 bits per heavy atom. The Hall–Kier alpha value is -3.85. The molecule has 8 nitrogen and oxygen atoms in total. The molecule has 220 valence electrons. The third-order valence-corrected chi connectivity index (χ3v) is 8.39. The van der Waals surface area contributed by atoms with Crippen molar-refractivity contribution < 1.29 is 22.7 Å². The molecule has 2 amide bonds. The third-order valence-electron chi connectivity index (χ3n) is 6.60. The molecule has 0 spiro atoms. The van der Waals surface area contributed by atoms with Crippen LogP contribution in [0.1, 0.15) is 39.7 Å². The highest BCUT2D eigenvalue weighted by Crippen LogP contribution is 2.26. The van der Waals surface area contributed by atoms with Gasteiger partial charge in [0, 0.05) is 13.1 Å². The second kappa shape index (κ2) is 15.2. The normalized spacial score (nSPS) is 12.0. The fourth-order valence-electron chi connectivity index (χ4n) is 4.44. The van der Waals surface area contributed by atoms with E-state index in [4.69, 9.17) is 4.74 Å². The lowest BCUT2D eigenvalue weighted by atomic mass is 10.1. The monoisotopic (exact) mass is 579 g/mol. The molecule has 0 aliphatic carbocycles. The zero-order valence-corrected chi connectivity index (χ0v) is 25.1. The van der Waals surface area contributed by atoms with E-state index in [1.807, 2.05) is 58.0 Å². The van der Waals surface area contributed by atoms with Gasteiger partial charge in [0.2, 0.25) is 11.8 Å². The van der Waals surface area contributed by atoms with Gasteiger partial charge in [-0.1, -0.05) is 69.3 Å². The van der Waals surface area contributed by atoms with Gasteiger partial charge in [-0.3, -0.25) is 13.9 Å². The Labute approximate surface area is 244 Å². The Balaban J connectivity index is 1.96. The molecule has 0 saturated heterocycles. The molecule has 3 aromatic carbocycles. The lowest BCUT2D eigenvalue weighted by Gasteiger charge is -2.33. The zero-order valence-electron chi connectivity index (χ0n) is 24.3. The number of nitrogens with zero attached hydrogens (tertiary/aromatic N) is 2. The van der Waals surface area contributed by atoms with Crippen molar-refractivity contribution in [2.75, 3.05) is 30.5 Å². The maximum atomic E-state index is 14.0. The first kappa shape index (κ1) is 31.7. The van der Waals surface area contributed by atoms with E-state index in [2.05, 4.69) is 5.32 Å². The van der Waals surface area contributed by atoms with Gasteiger partial charge in [0.15, 0.2) is 0 Å². The van der Waals surface area contributed by atoms with E-state index in [-0.39, 0.29) is 23.3 Å². The number of rotatable bonds is 15. The average Bonchev–Trinajstić information content (AvgIpc) is 2.98. The summed E-state index contributed by atoms with van der Waals surface area (Å²) >= 11 is 0. The number of hydrogen-bond donors (Lipinski definition) is 1. The van der Waals surface area contributed by atoms with E-state index in [0.29, 0.717) is 37.4 Å². The smallest absolute Gasteiger partial charge is 0.264 e. The third kappa shape index (κ3) is 8.82. The molecule has 1 N–H and O–H groups in total. The van der Waals surface area contributed by atoms with Gasteiger partial charge in [-0.15, -0.1) is 0 Å². The first-order valence-corrected chi connectivity index (χ1v) is 15.5. The van der Waals surface area contributed by atoms with Crippen molar-refractivity contribution in [2.45, 2.75) is 51.5 Å². The van der Waals surface area contributed by atoms with Crippen molar-refractivity contribution in [1.82, 2.24) is 10.2 Å². The molecule has 0 radical (unpaired) electrons. The van der Waals surface area contributed by atoms with Crippen LogP contribution in [0.3, 0.4) is 0 Å². The fourth-order valence-corrected chi connectivity index (χ4v) is 5.86. The van der Waals surface area contributed by atoms with Gasteiger partial charge < -0.3 is 15.0 Å². The number of anilines is 1. The fraction of sp³-hybridized carbons (Fsp3) is 0.375. The predicted molar refractivity (Wildman–Crippen MR) is 162 cm³/mol. The SMILES string of the molecule is CCOc1ccc(S(=O)(=O)N(CC(=O)N(CCc2ccccc2)[C@@H](CC)C(=O)NCC(C)C)c2ccccc2)cc1. The van der Waals surface area contributed by atoms with Gasteiger partial charge in [0.25, 0.3) is 10.0 Å². The van der Waals surface area contributed by atoms with Crippen LogP contribution in [-0.4, -0.2) is 57.4 Å². The van der Waals surface area contributed by atoms with Crippen molar-refractivity contribution in [3.05, 3.63) is 90.5 Å². The van der Waals surface area contributed by atoms with Crippen LogP contribution in [0.2, 0.25) is 0 Å². The van der Waals surface area contributed by atoms with E-state index in [0.717, 1.165) is 9.87 Å². The molecule has 0 aromatic heterocycles. The molecule has 3 rings (SSSR count). The van der Waals surface area contributed by atoms with Crippen molar-refractivity contribution in [1.29, 1.82) is 0 Å². The van der Waals surface area contributed by atoms with Crippen LogP contribution in [0.4, 0.5) is 5.69 Å². The Kier molecular flexibility index (Phi) is 11.8. The second-order valence-electron chi connectivity index (χ2n) is 10.1. The van der Waals surface area contributed by atoms with Gasteiger partial charge in [0.05, 0.1) is 17.2 Å². The average molecular weight is 580 g/mol. The second-order valence-corrected chi connectivity index (χ2v) is 12.0. The van der Waals surface area contributed by atoms with Crippen LogP contribution in [-0.2, 0) is 26.0 Å². The topological polar surface area (TPSA) is 96.0 Å². The summed E-state index contributed by atoms with van der Waals surface area (Å²) in [6.45, 7) is 8.46. The summed E-state index contributed by atoms with van der Waals surface area (Å²) < 4.78 is 34.4. The Morgan fingerprint density at radius 2 is 1.49 bits per heavy atom. The summed E-state index contributed by atoms with van der Waals surface area (Å²) in [6.07, 6.45) is 0.916. The predicted octanol–water partition coefficient (Wildman–Crippen LogP) is 4.90. The van der Waals surface area contributed by atoms with Crippen LogP contribution < -0.4 is 14.4 Å². The molecule has 0 fully saturated rings. The molecule has 3 aromatic rings. The van der Waals surface area contributed by atoms with Gasteiger partial charge in [0.1, 0.15) is 18.3 Å². The largest absolute Gasteiger partial charge is 0.494 e. The molecule has 0 bridgehead atoms. The number of ether oxygens (including phenoxy) is 1. The van der Waals surface area contributed by atoms with Crippen LogP contribution >= 0.6 is 0 Å². The van der Waals surface area contributed by atoms with Crippen LogP contribution in [0.15, 0.2) is 89.8 Å². The molecule has 41 heavy (non-hydrogen) atoms. The lowest BCUT2D eigenvalue weighted by Crippen LogP contribution is -2.53. The number of sulfonamides is 1. The molecule has 0 saturated carbocycles. The quantitative estimate of drug-likeness (QED) is 0.276. The highest BCUT2D eigenvalue weighted by atomic mass is 32.2. The van der Waals surface area contributed by atoms with Crippen LogP contribution in [0, 0.1) is 5.92 Å². The minimum absolute atomic E-state index is 0.0372. The molecule has 0 unspecified atom stereocenters. The summed E-state index contributed by atoms with van der Waals surface area (Å²) in [6, 6.07) is 23.6. The molecular formula is C32H41N3O5S. The summed E-state index contributed by atoms with van der Waals surface area (Å²) in [5.41, 5.74) is 1.37. The number of benzene rings is 3. The van der Waals surface area contributed by atoms with Crippen molar-refractivity contribution >= 4 is 27.5 Å². The first-order valence-electron chi connectivity index (χ1n) is 14.1. The van der Waals surface area contributed by atoms with Crippen LogP contribution in [0.25, 0.3) is 0 Å². The van der Waals surface area contributed by atoms with E-state index in [9.17, 15) is 18.0 Å². The number of carbonyl (C=O) groups is 2. The van der Waals surface area contributed by atoms with E-state index < -0.39 is 28.5 Å². The summed E-state index contributed by atoms with van der Waals surface area (Å²) in [7, 11) is -4.13. The standard InChI is InChI=1S/C32H41N3O5S/c1-5-30(32(37)33-23-25(3)4)34(22-21-26-13-9-7-10-14-26)31(36)24-35(27-15-11-8-12-16-27)41(38,39)29-19-17-28(18-20-29)40-6-2/h7-20,25,30H,5-6,21-24H2,1-4H3,(H,33,37)/t30-/m0/s1. The summed E-state index contributed by atoms with van der Waals surface area (Å²) in [4.78, 5) is 28.8. The first-order chi connectivity index (χ1) is 19.7. The van der Waals surface area contributed by atoms with Crippen molar-refractivity contribution in [3.8, 4) is 5.75 Å². The highest BCUT2D eigenvalue weighted by molar-refractivity contribution is 7.92. The van der Waals surface area contributed by atoms with Gasteiger partial charge in [-0.05, 0) is 67.6 Å². The minimum atomic E-state index is -4.13. The molecule has 0 aliphatic rings.